The highest BCUT2D eigenvalue weighted by Crippen LogP contribution is 2.20. The molecule has 0 saturated heterocycles. The van der Waals surface area contributed by atoms with Gasteiger partial charge in [-0.3, -0.25) is 4.79 Å². The van der Waals surface area contributed by atoms with Crippen LogP contribution < -0.4 is 5.56 Å². The number of ether oxygens (including phenoxy) is 1. The zero-order valence-electron chi connectivity index (χ0n) is 7.51. The van der Waals surface area contributed by atoms with Crippen molar-refractivity contribution < 1.29 is 18.3 Å². The number of aromatic nitrogens is 1. The van der Waals surface area contributed by atoms with Crippen LogP contribution in [0.5, 0.6) is 0 Å². The highest BCUT2D eigenvalue weighted by molar-refractivity contribution is 14.1. The van der Waals surface area contributed by atoms with Crippen LogP contribution in [0.4, 0.5) is 8.78 Å². The first-order valence-corrected chi connectivity index (χ1v) is 4.84. The van der Waals surface area contributed by atoms with Crippen LogP contribution in [0, 0.1) is 3.57 Å². The molecule has 82 valence electrons. The number of alkyl halides is 2. The van der Waals surface area contributed by atoms with Crippen molar-refractivity contribution in [1.82, 2.24) is 4.98 Å². The molecule has 0 aliphatic carbocycles. The van der Waals surface area contributed by atoms with Crippen molar-refractivity contribution >= 4 is 28.6 Å². The lowest BCUT2D eigenvalue weighted by molar-refractivity contribution is 0.0587. The Morgan fingerprint density at radius 2 is 2.20 bits per heavy atom. The predicted molar refractivity (Wildman–Crippen MR) is 56.1 cm³/mol. The molecule has 15 heavy (non-hydrogen) atoms. The second-order valence-corrected chi connectivity index (χ2v) is 3.73. The average Bonchev–Trinajstić information content (AvgIpc) is 2.20. The molecule has 1 rings (SSSR count). The Hall–Kier alpha value is -0.990. The number of hydrogen-bond acceptors (Lipinski definition) is 3. The van der Waals surface area contributed by atoms with E-state index in [-0.39, 0.29) is 9.13 Å². The van der Waals surface area contributed by atoms with Crippen LogP contribution in [0.25, 0.3) is 0 Å². The Labute approximate surface area is 96.8 Å². The van der Waals surface area contributed by atoms with Crippen LogP contribution >= 0.6 is 22.6 Å². The van der Waals surface area contributed by atoms with Crippen molar-refractivity contribution in [2.24, 2.45) is 0 Å². The van der Waals surface area contributed by atoms with E-state index in [2.05, 4.69) is 4.74 Å². The Balaban J connectivity index is 3.41. The lowest BCUT2D eigenvalue weighted by Crippen LogP contribution is -2.18. The minimum Gasteiger partial charge on any atom is -0.465 e. The summed E-state index contributed by atoms with van der Waals surface area (Å²) in [6.07, 6.45) is -2.93. The molecule has 0 unspecified atom stereocenters. The molecule has 0 spiro atoms. The van der Waals surface area contributed by atoms with Gasteiger partial charge in [0, 0.05) is 0 Å². The second-order valence-electron chi connectivity index (χ2n) is 2.57. The van der Waals surface area contributed by atoms with Gasteiger partial charge in [0.2, 0.25) is 0 Å². The fourth-order valence-corrected chi connectivity index (χ4v) is 1.42. The van der Waals surface area contributed by atoms with Gasteiger partial charge in [-0.25, -0.2) is 13.6 Å². The molecule has 1 aromatic heterocycles. The number of H-pyrrole nitrogens is 1. The summed E-state index contributed by atoms with van der Waals surface area (Å²) in [6, 6.07) is 1.08. The zero-order valence-corrected chi connectivity index (χ0v) is 9.67. The standard InChI is InChI=1S/C8H6F2INO3/c1-15-8(14)3-2-4(11)7(13)12-5(3)6(9)10/h2,6H,1H3,(H,12,13). The van der Waals surface area contributed by atoms with Crippen LogP contribution in [-0.2, 0) is 4.74 Å². The number of pyridine rings is 1. The van der Waals surface area contributed by atoms with Gasteiger partial charge in [-0.2, -0.15) is 0 Å². The van der Waals surface area contributed by atoms with Crippen molar-refractivity contribution in [2.75, 3.05) is 7.11 Å². The van der Waals surface area contributed by atoms with Gasteiger partial charge in [-0.1, -0.05) is 0 Å². The molecule has 1 heterocycles. The molecule has 0 bridgehead atoms. The second kappa shape index (κ2) is 4.69. The van der Waals surface area contributed by atoms with Gasteiger partial charge in [-0.05, 0) is 28.7 Å². The number of halogens is 3. The molecular formula is C8H6F2INO3. The lowest BCUT2D eigenvalue weighted by Gasteiger charge is -2.06. The molecule has 0 amide bonds. The largest absolute Gasteiger partial charge is 0.465 e. The third kappa shape index (κ3) is 2.52. The van der Waals surface area contributed by atoms with Gasteiger partial charge in [0.1, 0.15) is 0 Å². The Bertz CT molecular complexity index is 444. The molecular weight excluding hydrogens is 323 g/mol. The van der Waals surface area contributed by atoms with E-state index in [1.54, 1.807) is 22.6 Å². The number of carbonyl (C=O) groups excluding carboxylic acids is 1. The van der Waals surface area contributed by atoms with Crippen LogP contribution in [-0.4, -0.2) is 18.1 Å². The van der Waals surface area contributed by atoms with Crippen molar-refractivity contribution in [3.8, 4) is 0 Å². The van der Waals surface area contributed by atoms with Crippen molar-refractivity contribution in [2.45, 2.75) is 6.43 Å². The predicted octanol–water partition coefficient (Wildman–Crippen LogP) is 1.70. The first-order valence-electron chi connectivity index (χ1n) is 3.76. The summed E-state index contributed by atoms with van der Waals surface area (Å²) in [5.41, 5.74) is -1.69. The molecule has 0 saturated carbocycles. The van der Waals surface area contributed by atoms with Crippen molar-refractivity contribution in [3.05, 3.63) is 31.2 Å². The van der Waals surface area contributed by atoms with Gasteiger partial charge in [0.05, 0.1) is 21.9 Å². The molecule has 0 fully saturated rings. The van der Waals surface area contributed by atoms with E-state index in [0.29, 0.717) is 0 Å². The van der Waals surface area contributed by atoms with Crippen LogP contribution in [0.1, 0.15) is 22.5 Å². The average molecular weight is 329 g/mol. The number of esters is 1. The molecule has 1 N–H and O–H groups in total. The summed E-state index contributed by atoms with van der Waals surface area (Å²) in [4.78, 5) is 24.1. The smallest absolute Gasteiger partial charge is 0.339 e. The molecule has 0 radical (unpaired) electrons. The number of carbonyl (C=O) groups is 1. The number of nitrogens with one attached hydrogen (secondary N) is 1. The maximum Gasteiger partial charge on any atom is 0.339 e. The van der Waals surface area contributed by atoms with E-state index in [0.717, 1.165) is 13.2 Å². The highest BCUT2D eigenvalue weighted by Gasteiger charge is 2.21. The van der Waals surface area contributed by atoms with Crippen LogP contribution in [0.15, 0.2) is 10.9 Å². The third-order valence-electron chi connectivity index (χ3n) is 1.65. The van der Waals surface area contributed by atoms with Crippen LogP contribution in [0.3, 0.4) is 0 Å². The van der Waals surface area contributed by atoms with Crippen molar-refractivity contribution in [1.29, 1.82) is 0 Å². The molecule has 0 aliphatic rings. The van der Waals surface area contributed by atoms with E-state index in [9.17, 15) is 18.4 Å². The monoisotopic (exact) mass is 329 g/mol. The summed E-state index contributed by atoms with van der Waals surface area (Å²) in [6.45, 7) is 0. The number of aromatic amines is 1. The summed E-state index contributed by atoms with van der Waals surface area (Å²) >= 11 is 1.64. The highest BCUT2D eigenvalue weighted by atomic mass is 127. The summed E-state index contributed by atoms with van der Waals surface area (Å²) < 4.78 is 29.4. The molecule has 1 aromatic rings. The maximum atomic E-state index is 12.5. The van der Waals surface area contributed by atoms with Gasteiger partial charge >= 0.3 is 5.97 Å². The van der Waals surface area contributed by atoms with Crippen LogP contribution in [0.2, 0.25) is 0 Å². The lowest BCUT2D eigenvalue weighted by atomic mass is 10.2. The Morgan fingerprint density at radius 1 is 1.60 bits per heavy atom. The van der Waals surface area contributed by atoms with E-state index in [4.69, 9.17) is 0 Å². The molecule has 0 aromatic carbocycles. The number of methoxy groups -OCH3 is 1. The molecule has 4 nitrogen and oxygen atoms in total. The third-order valence-corrected chi connectivity index (χ3v) is 2.45. The van der Waals surface area contributed by atoms with Gasteiger partial charge in [0.25, 0.3) is 12.0 Å². The Kier molecular flexibility index (Phi) is 3.77. The fourth-order valence-electron chi connectivity index (χ4n) is 0.970. The molecule has 7 heteroatoms. The molecule has 0 atom stereocenters. The molecule has 0 aliphatic heterocycles. The first kappa shape index (κ1) is 12.1. The quantitative estimate of drug-likeness (QED) is 0.664. The summed E-state index contributed by atoms with van der Waals surface area (Å²) in [5, 5.41) is 0. The first-order chi connectivity index (χ1) is 6.97. The van der Waals surface area contributed by atoms with E-state index in [1.807, 2.05) is 4.98 Å². The fraction of sp³-hybridized carbons (Fsp3) is 0.250. The van der Waals surface area contributed by atoms with Gasteiger partial charge < -0.3 is 9.72 Å². The minimum absolute atomic E-state index is 0.150. The van der Waals surface area contributed by atoms with E-state index in [1.165, 1.54) is 0 Å². The Morgan fingerprint density at radius 3 is 2.67 bits per heavy atom. The summed E-state index contributed by atoms with van der Waals surface area (Å²) in [5.74, 6) is -0.903. The number of rotatable bonds is 2. The van der Waals surface area contributed by atoms with Gasteiger partial charge in [-0.15, -0.1) is 0 Å². The topological polar surface area (TPSA) is 59.2 Å². The van der Waals surface area contributed by atoms with E-state index >= 15 is 0 Å². The minimum atomic E-state index is -2.93. The van der Waals surface area contributed by atoms with Crippen molar-refractivity contribution in [3.63, 3.8) is 0 Å². The zero-order chi connectivity index (χ0) is 11.6. The number of hydrogen-bond donors (Lipinski definition) is 1. The van der Waals surface area contributed by atoms with E-state index < -0.39 is 23.6 Å². The van der Waals surface area contributed by atoms with Gasteiger partial charge in [0.15, 0.2) is 0 Å². The SMILES string of the molecule is COC(=O)c1cc(I)c(=O)[nH]c1C(F)F. The normalized spacial score (nSPS) is 10.5. The summed E-state index contributed by atoms with van der Waals surface area (Å²) in [7, 11) is 1.08. The maximum absolute atomic E-state index is 12.5.